The molecule has 0 saturated carbocycles. The van der Waals surface area contributed by atoms with Gasteiger partial charge in [-0.15, -0.1) is 11.3 Å². The molecule has 1 N–H and O–H groups in total. The highest BCUT2D eigenvalue weighted by molar-refractivity contribution is 8.00. The largest absolute Gasteiger partial charge is 0.351 e. The van der Waals surface area contributed by atoms with Gasteiger partial charge >= 0.3 is 0 Å². The number of pyridine rings is 1. The summed E-state index contributed by atoms with van der Waals surface area (Å²) < 4.78 is 2.13. The van der Waals surface area contributed by atoms with Gasteiger partial charge in [-0.3, -0.25) is 0 Å². The standard InChI is InChI=1S/C17H14N4S2/c1-21(23-15-7-2-3-8-18-15)14-6-4-5-12-11-13(20-16(12)14)17-19-9-10-22-17/h2-11,20H,1H3. The average molecular weight is 338 g/mol. The van der Waals surface area contributed by atoms with Crippen LogP contribution in [0.2, 0.25) is 0 Å². The normalized spacial score (nSPS) is 11.0. The molecule has 0 fully saturated rings. The first-order chi connectivity index (χ1) is 11.3. The zero-order valence-corrected chi connectivity index (χ0v) is 14.1. The molecule has 4 aromatic rings. The van der Waals surface area contributed by atoms with E-state index in [0.29, 0.717) is 0 Å². The van der Waals surface area contributed by atoms with Crippen molar-refractivity contribution in [2.24, 2.45) is 0 Å². The smallest absolute Gasteiger partial charge is 0.139 e. The van der Waals surface area contributed by atoms with Gasteiger partial charge in [-0.1, -0.05) is 18.2 Å². The third-order valence-corrected chi connectivity index (χ3v) is 5.21. The average Bonchev–Trinajstić information content (AvgIpc) is 3.24. The Morgan fingerprint density at radius 1 is 1.09 bits per heavy atom. The predicted molar refractivity (Wildman–Crippen MR) is 97.9 cm³/mol. The van der Waals surface area contributed by atoms with E-state index in [-0.39, 0.29) is 0 Å². The lowest BCUT2D eigenvalue weighted by molar-refractivity contribution is 1.13. The van der Waals surface area contributed by atoms with Crippen molar-refractivity contribution in [2.45, 2.75) is 5.03 Å². The molecule has 0 bridgehead atoms. The van der Waals surface area contributed by atoms with Gasteiger partial charge in [-0.05, 0) is 24.3 Å². The van der Waals surface area contributed by atoms with E-state index >= 15 is 0 Å². The molecule has 114 valence electrons. The fourth-order valence-corrected chi connectivity index (χ4v) is 3.85. The summed E-state index contributed by atoms with van der Waals surface area (Å²) in [6, 6.07) is 14.4. The number of nitrogens with one attached hydrogen (secondary N) is 1. The molecule has 3 aromatic heterocycles. The summed E-state index contributed by atoms with van der Waals surface area (Å²) in [7, 11) is 2.05. The predicted octanol–water partition coefficient (Wildman–Crippen LogP) is 4.83. The van der Waals surface area contributed by atoms with E-state index < -0.39 is 0 Å². The number of benzene rings is 1. The zero-order valence-electron chi connectivity index (χ0n) is 12.4. The molecule has 0 amide bonds. The van der Waals surface area contributed by atoms with E-state index in [2.05, 4.69) is 50.6 Å². The first kappa shape index (κ1) is 14.3. The van der Waals surface area contributed by atoms with E-state index in [1.165, 1.54) is 5.39 Å². The van der Waals surface area contributed by atoms with E-state index in [9.17, 15) is 0 Å². The van der Waals surface area contributed by atoms with Crippen LogP contribution in [0.5, 0.6) is 0 Å². The van der Waals surface area contributed by atoms with Crippen LogP contribution >= 0.6 is 23.3 Å². The van der Waals surface area contributed by atoms with Gasteiger partial charge in [-0.25, -0.2) is 9.97 Å². The number of fused-ring (bicyclic) bond motifs is 1. The monoisotopic (exact) mass is 338 g/mol. The van der Waals surface area contributed by atoms with Gasteiger partial charge in [0.1, 0.15) is 10.0 Å². The van der Waals surface area contributed by atoms with E-state index in [1.54, 1.807) is 23.3 Å². The van der Waals surface area contributed by atoms with Gasteiger partial charge < -0.3 is 9.29 Å². The Kier molecular flexibility index (Phi) is 3.77. The number of hydrogen-bond donors (Lipinski definition) is 1. The molecule has 23 heavy (non-hydrogen) atoms. The van der Waals surface area contributed by atoms with Crippen molar-refractivity contribution < 1.29 is 0 Å². The van der Waals surface area contributed by atoms with Gasteiger partial charge in [0.15, 0.2) is 0 Å². The van der Waals surface area contributed by atoms with Gasteiger partial charge in [0.05, 0.1) is 16.9 Å². The van der Waals surface area contributed by atoms with E-state index in [1.807, 2.05) is 36.0 Å². The fraction of sp³-hybridized carbons (Fsp3) is 0.0588. The summed E-state index contributed by atoms with van der Waals surface area (Å²) in [4.78, 5) is 12.3. The Morgan fingerprint density at radius 2 is 2.04 bits per heavy atom. The number of para-hydroxylation sites is 1. The van der Waals surface area contributed by atoms with E-state index in [0.717, 1.165) is 26.9 Å². The van der Waals surface area contributed by atoms with Crippen molar-refractivity contribution in [1.82, 2.24) is 15.0 Å². The zero-order chi connectivity index (χ0) is 15.6. The Bertz CT molecular complexity index is 916. The van der Waals surface area contributed by atoms with Crippen molar-refractivity contribution in [2.75, 3.05) is 11.4 Å². The Labute approximate surface area is 142 Å². The second-order valence-electron chi connectivity index (χ2n) is 5.02. The summed E-state index contributed by atoms with van der Waals surface area (Å²) in [6.45, 7) is 0. The van der Waals surface area contributed by atoms with Crippen LogP contribution in [0.25, 0.3) is 21.6 Å². The lowest BCUT2D eigenvalue weighted by Crippen LogP contribution is -2.07. The number of aromatic amines is 1. The van der Waals surface area contributed by atoms with Crippen LogP contribution in [-0.4, -0.2) is 22.0 Å². The molecule has 0 spiro atoms. The highest BCUT2D eigenvalue weighted by Crippen LogP contribution is 2.34. The second-order valence-corrected chi connectivity index (χ2v) is 7.06. The number of thiazole rings is 1. The van der Waals surface area contributed by atoms with Crippen LogP contribution in [-0.2, 0) is 0 Å². The quantitative estimate of drug-likeness (QED) is 0.541. The van der Waals surface area contributed by atoms with Crippen molar-refractivity contribution in [1.29, 1.82) is 0 Å². The van der Waals surface area contributed by atoms with Crippen molar-refractivity contribution in [3.8, 4) is 10.7 Å². The third-order valence-electron chi connectivity index (χ3n) is 3.50. The molecular formula is C17H14N4S2. The molecule has 0 unspecified atom stereocenters. The van der Waals surface area contributed by atoms with Crippen molar-refractivity contribution in [3.63, 3.8) is 0 Å². The lowest BCUT2D eigenvalue weighted by atomic mass is 10.2. The highest BCUT2D eigenvalue weighted by Gasteiger charge is 2.12. The molecule has 0 atom stereocenters. The molecule has 0 aliphatic heterocycles. The maximum atomic E-state index is 4.38. The minimum Gasteiger partial charge on any atom is -0.351 e. The number of H-pyrrole nitrogens is 1. The van der Waals surface area contributed by atoms with Crippen LogP contribution < -0.4 is 4.31 Å². The molecule has 6 heteroatoms. The Morgan fingerprint density at radius 3 is 2.83 bits per heavy atom. The Balaban J connectivity index is 1.72. The SMILES string of the molecule is CN(Sc1ccccn1)c1cccc2cc(-c3nccs3)[nH]c12. The van der Waals surface area contributed by atoms with Crippen molar-refractivity contribution in [3.05, 3.63) is 60.2 Å². The molecule has 0 aliphatic carbocycles. The molecule has 0 aliphatic rings. The molecule has 0 saturated heterocycles. The first-order valence-electron chi connectivity index (χ1n) is 7.15. The molecule has 3 heterocycles. The fourth-order valence-electron chi connectivity index (χ4n) is 2.46. The maximum absolute atomic E-state index is 4.38. The van der Waals surface area contributed by atoms with Crippen LogP contribution in [0, 0.1) is 0 Å². The van der Waals surface area contributed by atoms with Crippen LogP contribution in [0.1, 0.15) is 0 Å². The summed E-state index contributed by atoms with van der Waals surface area (Å²) in [5.41, 5.74) is 3.29. The number of nitrogens with zero attached hydrogens (tertiary/aromatic N) is 3. The van der Waals surface area contributed by atoms with Gasteiger partial charge in [0, 0.05) is 42.2 Å². The summed E-state index contributed by atoms with van der Waals surface area (Å²) in [5, 5.41) is 5.15. The van der Waals surface area contributed by atoms with Gasteiger partial charge in [-0.2, -0.15) is 0 Å². The second kappa shape index (κ2) is 6.06. The van der Waals surface area contributed by atoms with Crippen LogP contribution in [0.15, 0.2) is 65.3 Å². The number of rotatable bonds is 4. The number of anilines is 1. The van der Waals surface area contributed by atoms with Crippen LogP contribution in [0.3, 0.4) is 0 Å². The third kappa shape index (κ3) is 2.83. The van der Waals surface area contributed by atoms with Gasteiger partial charge in [0.25, 0.3) is 0 Å². The molecule has 0 radical (unpaired) electrons. The minimum atomic E-state index is 0.971. The molecule has 4 rings (SSSR count). The van der Waals surface area contributed by atoms with Gasteiger partial charge in [0.2, 0.25) is 0 Å². The van der Waals surface area contributed by atoms with Crippen LogP contribution in [0.4, 0.5) is 5.69 Å². The minimum absolute atomic E-state index is 0.971. The summed E-state index contributed by atoms with van der Waals surface area (Å²) >= 11 is 3.24. The topological polar surface area (TPSA) is 44.8 Å². The van der Waals surface area contributed by atoms with Crippen molar-refractivity contribution >= 4 is 39.9 Å². The molecule has 1 aromatic carbocycles. The lowest BCUT2D eigenvalue weighted by Gasteiger charge is -2.17. The summed E-state index contributed by atoms with van der Waals surface area (Å²) in [5.74, 6) is 0. The number of aromatic nitrogens is 3. The maximum Gasteiger partial charge on any atom is 0.139 e. The van der Waals surface area contributed by atoms with E-state index in [4.69, 9.17) is 0 Å². The molecule has 4 nitrogen and oxygen atoms in total. The number of hydrogen-bond acceptors (Lipinski definition) is 5. The Hall–Kier alpha value is -2.31. The first-order valence-corrected chi connectivity index (χ1v) is 8.81. The highest BCUT2D eigenvalue weighted by atomic mass is 32.2. The summed E-state index contributed by atoms with van der Waals surface area (Å²) in [6.07, 6.45) is 3.64. The molecular weight excluding hydrogens is 324 g/mol.